The van der Waals surface area contributed by atoms with Gasteiger partial charge >= 0.3 is 0 Å². The first-order valence-corrected chi connectivity index (χ1v) is 6.77. The first-order valence-electron chi connectivity index (χ1n) is 6.77. The summed E-state index contributed by atoms with van der Waals surface area (Å²) in [5.41, 5.74) is 8.72. The molecule has 0 radical (unpaired) electrons. The number of hydrogen-bond donors (Lipinski definition) is 0. The zero-order valence-electron chi connectivity index (χ0n) is 11.6. The maximum atomic E-state index is 12.9. The van der Waals surface area contributed by atoms with Gasteiger partial charge in [0, 0.05) is 21.2 Å². The lowest BCUT2D eigenvalue weighted by Crippen LogP contribution is -2.47. The van der Waals surface area contributed by atoms with Crippen LogP contribution >= 0.6 is 0 Å². The number of hydrogen-bond acceptors (Lipinski definition) is 3. The molecule has 1 aliphatic heterocycles. The number of benzene rings is 2. The van der Waals surface area contributed by atoms with Gasteiger partial charge in [-0.1, -0.05) is 35.4 Å². The first-order chi connectivity index (χ1) is 10.6. The van der Waals surface area contributed by atoms with Crippen molar-refractivity contribution in [3.8, 4) is 0 Å². The fourth-order valence-corrected chi connectivity index (χ4v) is 3.17. The summed E-state index contributed by atoms with van der Waals surface area (Å²) < 4.78 is 1.50. The number of nitrogens with zero attached hydrogens (tertiary/aromatic N) is 4. The number of para-hydroxylation sites is 2. The highest BCUT2D eigenvalue weighted by atomic mass is 16.2. The second-order valence-electron chi connectivity index (χ2n) is 5.45. The van der Waals surface area contributed by atoms with Gasteiger partial charge in [-0.25, -0.2) is 0 Å². The predicted molar refractivity (Wildman–Crippen MR) is 82.0 cm³/mol. The minimum atomic E-state index is -1.75. The van der Waals surface area contributed by atoms with E-state index in [1.54, 1.807) is 12.1 Å². The van der Waals surface area contributed by atoms with Gasteiger partial charge in [0.15, 0.2) is 11.3 Å². The van der Waals surface area contributed by atoms with Crippen LogP contribution in [0, 0.1) is 0 Å². The Labute approximate surface area is 124 Å². The quantitative estimate of drug-likeness (QED) is 0.296. The van der Waals surface area contributed by atoms with Crippen LogP contribution in [-0.2, 0) is 0 Å². The van der Waals surface area contributed by atoms with Crippen molar-refractivity contribution < 1.29 is 9.59 Å². The number of ketones is 1. The predicted octanol–water partition coefficient (Wildman–Crippen LogP) is 3.70. The van der Waals surface area contributed by atoms with E-state index < -0.39 is 17.2 Å². The summed E-state index contributed by atoms with van der Waals surface area (Å²) in [5, 5.41) is 5.25. The SMILES string of the molecule is CC1(N=[N+]=[N-])C(=O)c2cccc3c4ccccc4n(c23)C1=O. The summed E-state index contributed by atoms with van der Waals surface area (Å²) in [6.45, 7) is 1.37. The average molecular weight is 290 g/mol. The molecule has 1 atom stereocenters. The minimum Gasteiger partial charge on any atom is -0.293 e. The Balaban J connectivity index is 2.28. The third-order valence-electron chi connectivity index (χ3n) is 4.25. The van der Waals surface area contributed by atoms with Crippen molar-refractivity contribution in [2.75, 3.05) is 0 Å². The zero-order chi connectivity index (χ0) is 15.5. The number of azide groups is 1. The van der Waals surface area contributed by atoms with Gasteiger partial charge in [-0.2, -0.15) is 0 Å². The van der Waals surface area contributed by atoms with Crippen LogP contribution in [0.1, 0.15) is 22.1 Å². The van der Waals surface area contributed by atoms with Crippen molar-refractivity contribution >= 4 is 33.5 Å². The fourth-order valence-electron chi connectivity index (χ4n) is 3.17. The number of aromatic nitrogens is 1. The van der Waals surface area contributed by atoms with Gasteiger partial charge in [-0.05, 0) is 24.6 Å². The second kappa shape index (κ2) is 3.96. The van der Waals surface area contributed by atoms with E-state index in [0.717, 1.165) is 10.8 Å². The van der Waals surface area contributed by atoms with E-state index in [-0.39, 0.29) is 0 Å². The lowest BCUT2D eigenvalue weighted by Gasteiger charge is -2.27. The van der Waals surface area contributed by atoms with Crippen molar-refractivity contribution in [2.45, 2.75) is 12.5 Å². The van der Waals surface area contributed by atoms with Gasteiger partial charge in [0.05, 0.1) is 11.0 Å². The number of carbonyl (C=O) groups excluding carboxylic acids is 2. The van der Waals surface area contributed by atoms with Crippen LogP contribution in [0.25, 0.3) is 32.2 Å². The third-order valence-corrected chi connectivity index (χ3v) is 4.25. The van der Waals surface area contributed by atoms with E-state index in [4.69, 9.17) is 5.53 Å². The molecule has 0 N–H and O–H groups in total. The molecule has 0 saturated heterocycles. The maximum absolute atomic E-state index is 12.9. The normalized spacial score (nSPS) is 20.4. The van der Waals surface area contributed by atoms with Crippen molar-refractivity contribution in [1.29, 1.82) is 0 Å². The summed E-state index contributed by atoms with van der Waals surface area (Å²) in [5.74, 6) is -0.976. The van der Waals surface area contributed by atoms with E-state index in [0.29, 0.717) is 16.6 Å². The smallest absolute Gasteiger partial charge is 0.251 e. The van der Waals surface area contributed by atoms with Crippen molar-refractivity contribution in [2.24, 2.45) is 5.11 Å². The molecular weight excluding hydrogens is 280 g/mol. The minimum absolute atomic E-state index is 0.406. The van der Waals surface area contributed by atoms with Gasteiger partial charge in [0.2, 0.25) is 0 Å². The van der Waals surface area contributed by atoms with Gasteiger partial charge in [-0.3, -0.25) is 14.2 Å². The molecule has 0 saturated carbocycles. The topological polar surface area (TPSA) is 87.8 Å². The summed E-state index contributed by atoms with van der Waals surface area (Å²) in [4.78, 5) is 28.3. The van der Waals surface area contributed by atoms with E-state index in [1.807, 2.05) is 30.3 Å². The highest BCUT2D eigenvalue weighted by molar-refractivity contribution is 6.31. The molecule has 0 amide bonds. The van der Waals surface area contributed by atoms with E-state index in [1.165, 1.54) is 11.5 Å². The molecule has 106 valence electrons. The highest BCUT2D eigenvalue weighted by Crippen LogP contribution is 2.38. The molecule has 2 aromatic carbocycles. The van der Waals surface area contributed by atoms with Gasteiger partial charge < -0.3 is 0 Å². The molecule has 6 heteroatoms. The number of Topliss-reactive ketones (excluding diaryl/α,β-unsaturated/α-hetero) is 1. The summed E-state index contributed by atoms with van der Waals surface area (Å²) >= 11 is 0. The number of rotatable bonds is 1. The van der Waals surface area contributed by atoms with Crippen LogP contribution < -0.4 is 0 Å². The van der Waals surface area contributed by atoms with Crippen molar-refractivity contribution in [3.63, 3.8) is 0 Å². The zero-order valence-corrected chi connectivity index (χ0v) is 11.6. The molecule has 4 rings (SSSR count). The highest BCUT2D eigenvalue weighted by Gasteiger charge is 2.47. The molecule has 22 heavy (non-hydrogen) atoms. The van der Waals surface area contributed by atoms with Crippen LogP contribution in [0.5, 0.6) is 0 Å². The first kappa shape index (κ1) is 12.6. The molecule has 0 aliphatic carbocycles. The third kappa shape index (κ3) is 1.27. The number of carbonyl (C=O) groups is 2. The van der Waals surface area contributed by atoms with E-state index in [2.05, 4.69) is 10.0 Å². The Kier molecular flexibility index (Phi) is 2.27. The van der Waals surface area contributed by atoms with Gasteiger partial charge in [0.25, 0.3) is 5.91 Å². The number of fused-ring (bicyclic) bond motifs is 3. The monoisotopic (exact) mass is 290 g/mol. The molecule has 3 aromatic rings. The Morgan fingerprint density at radius 3 is 2.59 bits per heavy atom. The van der Waals surface area contributed by atoms with Gasteiger partial charge in [0.1, 0.15) is 0 Å². The molecule has 6 nitrogen and oxygen atoms in total. The second-order valence-corrected chi connectivity index (χ2v) is 5.45. The Bertz CT molecular complexity index is 1040. The summed E-state index contributed by atoms with van der Waals surface area (Å²) in [7, 11) is 0. The van der Waals surface area contributed by atoms with Crippen LogP contribution in [0.2, 0.25) is 0 Å². The van der Waals surface area contributed by atoms with E-state index in [9.17, 15) is 9.59 Å². The Hall–Kier alpha value is -3.11. The molecular formula is C16H10N4O2. The average Bonchev–Trinajstić information content (AvgIpc) is 2.87. The van der Waals surface area contributed by atoms with E-state index >= 15 is 0 Å². The molecule has 0 fully saturated rings. The fraction of sp³-hybridized carbons (Fsp3) is 0.125. The molecule has 1 aromatic heterocycles. The Morgan fingerprint density at radius 2 is 1.82 bits per heavy atom. The Morgan fingerprint density at radius 1 is 1.09 bits per heavy atom. The van der Waals surface area contributed by atoms with Crippen LogP contribution in [0.3, 0.4) is 0 Å². The maximum Gasteiger partial charge on any atom is 0.251 e. The molecule has 1 aliphatic rings. The van der Waals surface area contributed by atoms with Gasteiger partial charge in [-0.15, -0.1) is 0 Å². The standard InChI is InChI=1S/C16H10N4O2/c1-16(18-19-17)14(21)11-7-4-6-10-9-5-2-3-8-12(9)20(13(10)11)15(16)22/h2-8H,1H3. The molecule has 0 spiro atoms. The lowest BCUT2D eigenvalue weighted by atomic mass is 9.87. The van der Waals surface area contributed by atoms with Crippen LogP contribution in [0.4, 0.5) is 0 Å². The lowest BCUT2D eigenvalue weighted by molar-refractivity contribution is 0.0726. The summed E-state index contributed by atoms with van der Waals surface area (Å²) in [6.07, 6.45) is 0. The summed E-state index contributed by atoms with van der Waals surface area (Å²) in [6, 6.07) is 12.8. The molecule has 0 bridgehead atoms. The van der Waals surface area contributed by atoms with Crippen LogP contribution in [-0.4, -0.2) is 21.8 Å². The van der Waals surface area contributed by atoms with Crippen LogP contribution in [0.15, 0.2) is 47.6 Å². The molecule has 1 unspecified atom stereocenters. The van der Waals surface area contributed by atoms with Crippen molar-refractivity contribution in [1.82, 2.24) is 4.57 Å². The molecule has 2 heterocycles. The largest absolute Gasteiger partial charge is 0.293 e. The van der Waals surface area contributed by atoms with Crippen molar-refractivity contribution in [3.05, 3.63) is 58.5 Å².